The van der Waals surface area contributed by atoms with Crippen LogP contribution in [0.5, 0.6) is 0 Å². The Balaban J connectivity index is 1.31. The number of aromatic nitrogens is 1. The van der Waals surface area contributed by atoms with Crippen LogP contribution in [0.3, 0.4) is 0 Å². The van der Waals surface area contributed by atoms with Crippen molar-refractivity contribution in [2.45, 2.75) is 31.2 Å². The van der Waals surface area contributed by atoms with E-state index in [0.29, 0.717) is 0 Å². The van der Waals surface area contributed by atoms with Gasteiger partial charge in [-0.3, -0.25) is 9.89 Å². The summed E-state index contributed by atoms with van der Waals surface area (Å²) >= 11 is 0. The molecule has 0 amide bonds. The van der Waals surface area contributed by atoms with Gasteiger partial charge in [-0.05, 0) is 18.4 Å². The van der Waals surface area contributed by atoms with Crippen molar-refractivity contribution in [2.75, 3.05) is 39.8 Å². The molecule has 0 atom stereocenters. The Bertz CT molecular complexity index is 731. The predicted octanol–water partition coefficient (Wildman–Crippen LogP) is 2.49. The zero-order valence-corrected chi connectivity index (χ0v) is 16.1. The van der Waals surface area contributed by atoms with Gasteiger partial charge >= 0.3 is 0 Å². The normalized spacial score (nSPS) is 20.3. The lowest BCUT2D eigenvalue weighted by Crippen LogP contribution is -2.55. The minimum atomic E-state index is 0.270. The lowest BCUT2D eigenvalue weighted by molar-refractivity contribution is 0.167. The Hall–Kier alpha value is -2.34. The average Bonchev–Trinajstić information content (AvgIpc) is 3.19. The highest BCUT2D eigenvalue weighted by Crippen LogP contribution is 2.43. The first-order valence-corrected chi connectivity index (χ1v) is 9.92. The Kier molecular flexibility index (Phi) is 5.43. The quantitative estimate of drug-likeness (QED) is 0.650. The number of guanidine groups is 1. The van der Waals surface area contributed by atoms with Crippen LogP contribution in [-0.2, 0) is 12.0 Å². The minimum absolute atomic E-state index is 0.270. The number of aliphatic imine (C=N–C) groups is 1. The van der Waals surface area contributed by atoms with Crippen molar-refractivity contribution < 1.29 is 4.52 Å². The summed E-state index contributed by atoms with van der Waals surface area (Å²) in [6, 6.07) is 12.9. The molecule has 1 N–H and O–H groups in total. The molecule has 1 aliphatic carbocycles. The first-order valence-electron chi connectivity index (χ1n) is 9.92. The minimum Gasteiger partial charge on any atom is -0.364 e. The van der Waals surface area contributed by atoms with E-state index in [-0.39, 0.29) is 5.41 Å². The number of hydrogen-bond acceptors (Lipinski definition) is 4. The maximum absolute atomic E-state index is 4.93. The summed E-state index contributed by atoms with van der Waals surface area (Å²) < 4.78 is 4.93. The van der Waals surface area contributed by atoms with Crippen molar-refractivity contribution in [1.29, 1.82) is 0 Å². The van der Waals surface area contributed by atoms with Gasteiger partial charge < -0.3 is 14.7 Å². The standard InChI is InChI=1S/C21H29N5O/c1-22-20(23-17-21(9-5-10-21)18-6-3-2-4-7-18)26-13-11-25(12-14-26)16-19-8-15-27-24-19/h2-4,6-8,15H,5,9-14,16-17H2,1H3,(H,22,23). The number of benzene rings is 1. The van der Waals surface area contributed by atoms with E-state index < -0.39 is 0 Å². The second-order valence-electron chi connectivity index (χ2n) is 7.65. The van der Waals surface area contributed by atoms with Gasteiger partial charge in [0.2, 0.25) is 0 Å². The van der Waals surface area contributed by atoms with Gasteiger partial charge in [0.15, 0.2) is 5.96 Å². The first kappa shape index (κ1) is 18.0. The largest absolute Gasteiger partial charge is 0.364 e. The summed E-state index contributed by atoms with van der Waals surface area (Å²) in [5, 5.41) is 7.69. The van der Waals surface area contributed by atoms with Crippen molar-refractivity contribution >= 4 is 5.96 Å². The lowest BCUT2D eigenvalue weighted by atomic mass is 9.64. The molecule has 0 unspecified atom stereocenters. The van der Waals surface area contributed by atoms with Crippen LogP contribution < -0.4 is 5.32 Å². The topological polar surface area (TPSA) is 56.9 Å². The van der Waals surface area contributed by atoms with E-state index >= 15 is 0 Å². The Morgan fingerprint density at radius 1 is 1.15 bits per heavy atom. The SMILES string of the molecule is CN=C(NCC1(c2ccccc2)CCC1)N1CCN(Cc2ccon2)CC1. The summed E-state index contributed by atoms with van der Waals surface area (Å²) in [7, 11) is 1.89. The van der Waals surface area contributed by atoms with Crippen LogP contribution in [0.4, 0.5) is 0 Å². The lowest BCUT2D eigenvalue weighted by Gasteiger charge is -2.44. The third kappa shape index (κ3) is 4.00. The molecule has 6 heteroatoms. The molecule has 2 aliphatic rings. The number of nitrogens with one attached hydrogen (secondary N) is 1. The van der Waals surface area contributed by atoms with Crippen LogP contribution >= 0.6 is 0 Å². The van der Waals surface area contributed by atoms with Crippen LogP contribution in [0, 0.1) is 0 Å². The first-order chi connectivity index (χ1) is 13.3. The van der Waals surface area contributed by atoms with E-state index in [1.54, 1.807) is 6.26 Å². The summed E-state index contributed by atoms with van der Waals surface area (Å²) in [5.41, 5.74) is 2.73. The van der Waals surface area contributed by atoms with E-state index in [4.69, 9.17) is 4.52 Å². The zero-order chi connectivity index (χ0) is 18.5. The van der Waals surface area contributed by atoms with Crippen molar-refractivity contribution in [1.82, 2.24) is 20.3 Å². The molecule has 2 heterocycles. The molecule has 1 aromatic heterocycles. The number of piperazine rings is 1. The Labute approximate surface area is 161 Å². The van der Waals surface area contributed by atoms with Crippen molar-refractivity contribution in [3.05, 3.63) is 53.9 Å². The highest BCUT2D eigenvalue weighted by atomic mass is 16.5. The van der Waals surface area contributed by atoms with Gasteiger partial charge in [-0.25, -0.2) is 0 Å². The number of rotatable bonds is 5. The van der Waals surface area contributed by atoms with Crippen molar-refractivity contribution in [3.63, 3.8) is 0 Å². The number of hydrogen-bond donors (Lipinski definition) is 1. The molecule has 0 spiro atoms. The van der Waals surface area contributed by atoms with Crippen LogP contribution in [0.25, 0.3) is 0 Å². The fourth-order valence-electron chi connectivity index (χ4n) is 4.21. The van der Waals surface area contributed by atoms with Crippen molar-refractivity contribution in [2.24, 2.45) is 4.99 Å². The fourth-order valence-corrected chi connectivity index (χ4v) is 4.21. The molecular formula is C21H29N5O. The summed E-state index contributed by atoms with van der Waals surface area (Å²) in [4.78, 5) is 9.34. The number of nitrogens with zero attached hydrogens (tertiary/aromatic N) is 4. The molecule has 27 heavy (non-hydrogen) atoms. The molecule has 1 saturated heterocycles. The van der Waals surface area contributed by atoms with Gasteiger partial charge in [-0.15, -0.1) is 0 Å². The smallest absolute Gasteiger partial charge is 0.193 e. The molecule has 1 aliphatic heterocycles. The van der Waals surface area contributed by atoms with Crippen LogP contribution in [0.1, 0.15) is 30.5 Å². The molecule has 0 bridgehead atoms. The van der Waals surface area contributed by atoms with Crippen LogP contribution in [0.15, 0.2) is 52.2 Å². The zero-order valence-electron chi connectivity index (χ0n) is 16.1. The van der Waals surface area contributed by atoms with Gasteiger partial charge in [-0.2, -0.15) is 0 Å². The van der Waals surface area contributed by atoms with E-state index in [1.165, 1.54) is 24.8 Å². The van der Waals surface area contributed by atoms with Gasteiger partial charge in [0.1, 0.15) is 6.26 Å². The summed E-state index contributed by atoms with van der Waals surface area (Å²) in [5.74, 6) is 1.03. The van der Waals surface area contributed by atoms with Crippen molar-refractivity contribution in [3.8, 4) is 0 Å². The molecule has 144 valence electrons. The van der Waals surface area contributed by atoms with E-state index in [0.717, 1.165) is 50.9 Å². The monoisotopic (exact) mass is 367 g/mol. The second kappa shape index (κ2) is 8.13. The van der Waals surface area contributed by atoms with Crippen LogP contribution in [0.2, 0.25) is 0 Å². The van der Waals surface area contributed by atoms with E-state index in [1.807, 2.05) is 13.1 Å². The van der Waals surface area contributed by atoms with Gasteiger partial charge in [0.25, 0.3) is 0 Å². The highest BCUT2D eigenvalue weighted by Gasteiger charge is 2.38. The van der Waals surface area contributed by atoms with E-state index in [2.05, 4.69) is 55.6 Å². The molecule has 2 fully saturated rings. The third-order valence-electron chi connectivity index (χ3n) is 6.04. The maximum Gasteiger partial charge on any atom is 0.193 e. The predicted molar refractivity (Wildman–Crippen MR) is 107 cm³/mol. The van der Waals surface area contributed by atoms with Gasteiger partial charge in [0, 0.05) is 57.8 Å². The molecule has 4 rings (SSSR count). The summed E-state index contributed by atoms with van der Waals surface area (Å²) in [6.45, 7) is 5.80. The average molecular weight is 367 g/mol. The summed E-state index contributed by atoms with van der Waals surface area (Å²) in [6.07, 6.45) is 5.47. The molecule has 2 aromatic rings. The molecule has 1 aromatic carbocycles. The second-order valence-corrected chi connectivity index (χ2v) is 7.65. The highest BCUT2D eigenvalue weighted by molar-refractivity contribution is 5.80. The van der Waals surface area contributed by atoms with Gasteiger partial charge in [0.05, 0.1) is 5.69 Å². The van der Waals surface area contributed by atoms with E-state index in [9.17, 15) is 0 Å². The maximum atomic E-state index is 4.93. The molecular weight excluding hydrogens is 338 g/mol. The Morgan fingerprint density at radius 2 is 1.93 bits per heavy atom. The molecule has 0 radical (unpaired) electrons. The Morgan fingerprint density at radius 3 is 2.52 bits per heavy atom. The van der Waals surface area contributed by atoms with Crippen LogP contribution in [-0.4, -0.2) is 60.7 Å². The molecule has 1 saturated carbocycles. The third-order valence-corrected chi connectivity index (χ3v) is 6.04. The fraction of sp³-hybridized carbons (Fsp3) is 0.524. The molecule has 6 nitrogen and oxygen atoms in total. The van der Waals surface area contributed by atoms with Gasteiger partial charge in [-0.1, -0.05) is 41.9 Å².